The molecule has 5 nitrogen and oxygen atoms in total. The molecule has 1 amide bonds. The third-order valence-electron chi connectivity index (χ3n) is 2.85. The number of nitrogen functional groups attached to an aromatic ring is 1. The summed E-state index contributed by atoms with van der Waals surface area (Å²) in [5.41, 5.74) is 6.65. The molecule has 0 fully saturated rings. The van der Waals surface area contributed by atoms with E-state index < -0.39 is 21.5 Å². The molecule has 0 aliphatic carbocycles. The zero-order valence-electron chi connectivity index (χ0n) is 11.5. The molecule has 20 heavy (non-hydrogen) atoms. The molecule has 1 unspecified atom stereocenters. The fourth-order valence-electron chi connectivity index (χ4n) is 1.63. The van der Waals surface area contributed by atoms with Gasteiger partial charge in [-0.25, -0.2) is 8.42 Å². The van der Waals surface area contributed by atoms with Crippen LogP contribution in [0.2, 0.25) is 0 Å². The Hall–Kier alpha value is -1.08. The Bertz CT molecular complexity index is 587. The van der Waals surface area contributed by atoms with Gasteiger partial charge in [-0.15, -0.1) is 0 Å². The number of carbonyl (C=O) groups is 1. The van der Waals surface area contributed by atoms with Crippen molar-refractivity contribution in [2.24, 2.45) is 5.92 Å². The maximum absolute atomic E-state index is 11.8. The number of nitrogens with two attached hydrogens (primary N) is 1. The number of hydrogen-bond acceptors (Lipinski definition) is 4. The predicted molar refractivity (Wildman–Crippen MR) is 85.3 cm³/mol. The van der Waals surface area contributed by atoms with Crippen LogP contribution in [-0.2, 0) is 14.6 Å². The lowest BCUT2D eigenvalue weighted by Gasteiger charge is -2.11. The number of nitrogens with one attached hydrogen (secondary N) is 1. The van der Waals surface area contributed by atoms with E-state index in [0.717, 1.165) is 6.42 Å². The summed E-state index contributed by atoms with van der Waals surface area (Å²) in [6.07, 6.45) is 0.768. The van der Waals surface area contributed by atoms with Gasteiger partial charge in [0, 0.05) is 10.2 Å². The first kappa shape index (κ1) is 17.0. The van der Waals surface area contributed by atoms with Crippen LogP contribution in [0.25, 0.3) is 0 Å². The average Bonchev–Trinajstić information content (AvgIpc) is 2.31. The van der Waals surface area contributed by atoms with Gasteiger partial charge >= 0.3 is 0 Å². The summed E-state index contributed by atoms with van der Waals surface area (Å²) in [6.45, 7) is 3.78. The molecule has 0 aromatic heterocycles. The van der Waals surface area contributed by atoms with Crippen molar-refractivity contribution in [2.75, 3.05) is 22.6 Å². The Morgan fingerprint density at radius 1 is 1.45 bits per heavy atom. The van der Waals surface area contributed by atoms with Gasteiger partial charge in [0.2, 0.25) is 5.91 Å². The molecule has 1 rings (SSSR count). The minimum atomic E-state index is -3.39. The van der Waals surface area contributed by atoms with E-state index in [2.05, 4.69) is 21.2 Å². The van der Waals surface area contributed by atoms with Gasteiger partial charge in [-0.2, -0.15) is 0 Å². The second-order valence-electron chi connectivity index (χ2n) is 4.86. The van der Waals surface area contributed by atoms with Gasteiger partial charge < -0.3 is 11.1 Å². The van der Waals surface area contributed by atoms with Crippen LogP contribution in [0.1, 0.15) is 20.3 Å². The lowest BCUT2D eigenvalue weighted by molar-refractivity contribution is -0.113. The largest absolute Gasteiger partial charge is 0.399 e. The van der Waals surface area contributed by atoms with E-state index in [4.69, 9.17) is 5.73 Å². The Balaban J connectivity index is 2.68. The molecular formula is C13H19BrN2O3S. The van der Waals surface area contributed by atoms with Crippen LogP contribution in [0.3, 0.4) is 0 Å². The van der Waals surface area contributed by atoms with E-state index in [1.165, 1.54) is 0 Å². The van der Waals surface area contributed by atoms with Gasteiger partial charge in [-0.3, -0.25) is 4.79 Å². The molecule has 1 atom stereocenters. The zero-order valence-corrected chi connectivity index (χ0v) is 13.9. The zero-order chi connectivity index (χ0) is 15.3. The van der Waals surface area contributed by atoms with Crippen molar-refractivity contribution in [3.63, 3.8) is 0 Å². The van der Waals surface area contributed by atoms with Gasteiger partial charge in [-0.05, 0) is 40.0 Å². The summed E-state index contributed by atoms with van der Waals surface area (Å²) < 4.78 is 24.3. The Morgan fingerprint density at radius 3 is 2.65 bits per heavy atom. The number of anilines is 2. The van der Waals surface area contributed by atoms with E-state index in [1.807, 2.05) is 13.8 Å². The van der Waals surface area contributed by atoms with Crippen molar-refractivity contribution >= 4 is 43.0 Å². The van der Waals surface area contributed by atoms with Gasteiger partial charge in [-0.1, -0.05) is 20.3 Å². The highest BCUT2D eigenvalue weighted by atomic mass is 79.9. The van der Waals surface area contributed by atoms with E-state index in [0.29, 0.717) is 15.8 Å². The van der Waals surface area contributed by atoms with Gasteiger partial charge in [0.05, 0.1) is 11.4 Å². The highest BCUT2D eigenvalue weighted by Crippen LogP contribution is 2.24. The highest BCUT2D eigenvalue weighted by Gasteiger charge is 2.19. The van der Waals surface area contributed by atoms with E-state index in [-0.39, 0.29) is 11.7 Å². The Labute approximate surface area is 128 Å². The number of amides is 1. The Morgan fingerprint density at radius 2 is 2.10 bits per heavy atom. The summed E-state index contributed by atoms with van der Waals surface area (Å²) in [5, 5.41) is 2.56. The SMILES string of the molecule is CCC(C)CS(=O)(=O)CC(=O)Nc1ccc(N)cc1Br. The average molecular weight is 363 g/mol. The molecule has 0 bridgehead atoms. The minimum absolute atomic E-state index is 0.0276. The maximum Gasteiger partial charge on any atom is 0.239 e. The van der Waals surface area contributed by atoms with Crippen LogP contribution < -0.4 is 11.1 Å². The second-order valence-corrected chi connectivity index (χ2v) is 7.82. The molecular weight excluding hydrogens is 344 g/mol. The van der Waals surface area contributed by atoms with Crippen molar-refractivity contribution in [1.29, 1.82) is 0 Å². The number of halogens is 1. The van der Waals surface area contributed by atoms with Crippen molar-refractivity contribution in [3.8, 4) is 0 Å². The van der Waals surface area contributed by atoms with Gasteiger partial charge in [0.1, 0.15) is 5.75 Å². The van der Waals surface area contributed by atoms with E-state index in [1.54, 1.807) is 18.2 Å². The molecule has 0 spiro atoms. The topological polar surface area (TPSA) is 89.3 Å². The molecule has 0 saturated carbocycles. The summed E-state index contributed by atoms with van der Waals surface area (Å²) in [4.78, 5) is 11.8. The third kappa shape index (κ3) is 5.50. The van der Waals surface area contributed by atoms with Crippen molar-refractivity contribution < 1.29 is 13.2 Å². The standard InChI is InChI=1S/C13H19BrN2O3S/c1-3-9(2)7-20(18,19)8-13(17)16-12-5-4-10(15)6-11(12)14/h4-6,9H,3,7-8,15H2,1-2H3,(H,16,17). The normalized spacial score (nSPS) is 12.9. The first-order chi connectivity index (χ1) is 9.23. The number of hydrogen-bond donors (Lipinski definition) is 2. The smallest absolute Gasteiger partial charge is 0.239 e. The quantitative estimate of drug-likeness (QED) is 0.760. The molecule has 7 heteroatoms. The van der Waals surface area contributed by atoms with Gasteiger partial charge in [0.25, 0.3) is 0 Å². The predicted octanol–water partition coefficient (Wildman–Crippen LogP) is 2.43. The summed E-state index contributed by atoms with van der Waals surface area (Å²) in [5.74, 6) is -0.969. The molecule has 0 radical (unpaired) electrons. The third-order valence-corrected chi connectivity index (χ3v) is 5.29. The highest BCUT2D eigenvalue weighted by molar-refractivity contribution is 9.10. The van der Waals surface area contributed by atoms with E-state index >= 15 is 0 Å². The summed E-state index contributed by atoms with van der Waals surface area (Å²) in [7, 11) is -3.39. The van der Waals surface area contributed by atoms with Crippen LogP contribution in [-0.4, -0.2) is 25.8 Å². The molecule has 1 aromatic carbocycles. The maximum atomic E-state index is 11.8. The van der Waals surface area contributed by atoms with Gasteiger partial charge in [0.15, 0.2) is 9.84 Å². The van der Waals surface area contributed by atoms with Crippen molar-refractivity contribution in [2.45, 2.75) is 20.3 Å². The number of carbonyl (C=O) groups excluding carboxylic acids is 1. The number of benzene rings is 1. The molecule has 0 saturated heterocycles. The first-order valence-corrected chi connectivity index (χ1v) is 8.90. The van der Waals surface area contributed by atoms with Crippen LogP contribution in [0.5, 0.6) is 0 Å². The fourth-order valence-corrected chi connectivity index (χ4v) is 3.82. The molecule has 0 heterocycles. The number of sulfone groups is 1. The first-order valence-electron chi connectivity index (χ1n) is 6.29. The van der Waals surface area contributed by atoms with Crippen LogP contribution in [0.15, 0.2) is 22.7 Å². The molecule has 0 aliphatic rings. The monoisotopic (exact) mass is 362 g/mol. The molecule has 112 valence electrons. The molecule has 0 aliphatic heterocycles. The van der Waals surface area contributed by atoms with Crippen LogP contribution in [0.4, 0.5) is 11.4 Å². The molecule has 3 N–H and O–H groups in total. The second kappa shape index (κ2) is 7.08. The van der Waals surface area contributed by atoms with Crippen LogP contribution >= 0.6 is 15.9 Å². The van der Waals surface area contributed by atoms with E-state index in [9.17, 15) is 13.2 Å². The lowest BCUT2D eigenvalue weighted by Crippen LogP contribution is -2.26. The summed E-state index contributed by atoms with van der Waals surface area (Å²) >= 11 is 3.26. The van der Waals surface area contributed by atoms with Crippen LogP contribution in [0, 0.1) is 5.92 Å². The van der Waals surface area contributed by atoms with Crippen molar-refractivity contribution in [3.05, 3.63) is 22.7 Å². The molecule has 1 aromatic rings. The number of rotatable bonds is 6. The fraction of sp³-hybridized carbons (Fsp3) is 0.462. The minimum Gasteiger partial charge on any atom is -0.399 e. The summed E-state index contributed by atoms with van der Waals surface area (Å²) in [6, 6.07) is 4.90. The lowest BCUT2D eigenvalue weighted by atomic mass is 10.2. The Kier molecular flexibility index (Phi) is 6.01. The van der Waals surface area contributed by atoms with Crippen molar-refractivity contribution in [1.82, 2.24) is 0 Å².